The van der Waals surface area contributed by atoms with Gasteiger partial charge in [0, 0.05) is 20.6 Å². The number of hydrogen-bond donors (Lipinski definition) is 1. The number of amides is 4. The lowest BCUT2D eigenvalue weighted by molar-refractivity contribution is -0.122. The Morgan fingerprint density at radius 1 is 1.00 bits per heavy atom. The summed E-state index contributed by atoms with van der Waals surface area (Å²) in [4.78, 5) is 39.1. The van der Waals surface area contributed by atoms with Crippen LogP contribution in [0.4, 0.5) is 10.5 Å². The number of imide groups is 2. The van der Waals surface area contributed by atoms with E-state index in [9.17, 15) is 14.4 Å². The summed E-state index contributed by atoms with van der Waals surface area (Å²) in [5.74, 6) is -1.54. The van der Waals surface area contributed by atoms with Crippen LogP contribution in [0.25, 0.3) is 11.8 Å². The summed E-state index contributed by atoms with van der Waals surface area (Å²) < 4.78 is 3.22. The minimum Gasteiger partial charge on any atom is -0.318 e. The lowest BCUT2D eigenvalue weighted by Crippen LogP contribution is -2.54. The number of carbonyl (C=O) groups excluding carboxylic acids is 3. The third-order valence-electron chi connectivity index (χ3n) is 5.44. The number of anilines is 1. The molecule has 1 aliphatic heterocycles. The third kappa shape index (κ3) is 4.20. The van der Waals surface area contributed by atoms with Gasteiger partial charge in [-0.25, -0.2) is 9.69 Å². The monoisotopic (exact) mass is 593 g/mol. The quantitative estimate of drug-likeness (QED) is 0.231. The molecule has 3 aromatic rings. The summed E-state index contributed by atoms with van der Waals surface area (Å²) in [6.45, 7) is 5.90. The second-order valence-corrected chi connectivity index (χ2v) is 9.57. The van der Waals surface area contributed by atoms with Crippen LogP contribution in [0.5, 0.6) is 0 Å². The molecule has 2 heterocycles. The van der Waals surface area contributed by atoms with Crippen LogP contribution < -0.4 is 10.2 Å². The average molecular weight is 594 g/mol. The molecule has 6 nitrogen and oxygen atoms in total. The molecule has 0 atom stereocenters. The second kappa shape index (κ2) is 8.96. The number of halogens is 3. The van der Waals surface area contributed by atoms with E-state index in [0.717, 1.165) is 31.1 Å². The van der Waals surface area contributed by atoms with Gasteiger partial charge in [0.2, 0.25) is 0 Å². The zero-order valence-electron chi connectivity index (χ0n) is 17.9. The normalized spacial score (nSPS) is 15.4. The highest BCUT2D eigenvalue weighted by molar-refractivity contribution is 14.1. The number of aromatic nitrogens is 1. The number of nitrogens with zero attached hydrogens (tertiary/aromatic N) is 2. The van der Waals surface area contributed by atoms with E-state index in [2.05, 4.69) is 38.5 Å². The molecule has 1 fully saturated rings. The lowest BCUT2D eigenvalue weighted by atomic mass is 10.1. The minimum absolute atomic E-state index is 0.0450. The number of carbonyl (C=O) groups is 3. The summed E-state index contributed by atoms with van der Waals surface area (Å²) in [6, 6.07) is 11.8. The molecule has 0 saturated carbocycles. The van der Waals surface area contributed by atoms with Crippen molar-refractivity contribution in [3.8, 4) is 5.69 Å². The highest BCUT2D eigenvalue weighted by atomic mass is 127. The van der Waals surface area contributed by atoms with Gasteiger partial charge in [0.25, 0.3) is 11.8 Å². The van der Waals surface area contributed by atoms with Crippen molar-refractivity contribution in [1.82, 2.24) is 9.88 Å². The molecule has 0 bridgehead atoms. The number of urea groups is 1. The fourth-order valence-corrected chi connectivity index (χ4v) is 4.51. The van der Waals surface area contributed by atoms with Gasteiger partial charge >= 0.3 is 6.03 Å². The van der Waals surface area contributed by atoms with Crippen LogP contribution in [0.1, 0.15) is 22.5 Å². The van der Waals surface area contributed by atoms with Gasteiger partial charge in [-0.05, 0) is 97.0 Å². The van der Waals surface area contributed by atoms with Crippen molar-refractivity contribution in [3.05, 3.63) is 84.2 Å². The van der Waals surface area contributed by atoms with Gasteiger partial charge in [0.05, 0.1) is 15.7 Å². The molecule has 2 aromatic carbocycles. The highest BCUT2D eigenvalue weighted by Gasteiger charge is 2.38. The smallest absolute Gasteiger partial charge is 0.318 e. The molecular weight excluding hydrogens is 576 g/mol. The summed E-state index contributed by atoms with van der Waals surface area (Å²) in [5, 5.41) is 2.44. The second-order valence-electron chi connectivity index (χ2n) is 7.63. The zero-order valence-corrected chi connectivity index (χ0v) is 21.5. The minimum atomic E-state index is -0.883. The van der Waals surface area contributed by atoms with E-state index in [-0.39, 0.29) is 21.3 Å². The third-order valence-corrected chi connectivity index (χ3v) is 7.46. The highest BCUT2D eigenvalue weighted by Crippen LogP contribution is 2.34. The van der Waals surface area contributed by atoms with Crippen molar-refractivity contribution in [2.24, 2.45) is 0 Å². The molecule has 1 saturated heterocycles. The molecule has 4 amide bonds. The number of aryl methyl sites for hydroxylation is 2. The first-order valence-corrected chi connectivity index (χ1v) is 11.7. The van der Waals surface area contributed by atoms with Crippen molar-refractivity contribution < 1.29 is 14.4 Å². The van der Waals surface area contributed by atoms with E-state index in [4.69, 9.17) is 23.2 Å². The Bertz CT molecular complexity index is 1380. The van der Waals surface area contributed by atoms with E-state index < -0.39 is 17.8 Å². The van der Waals surface area contributed by atoms with Gasteiger partial charge in [0.15, 0.2) is 0 Å². The Labute approximate surface area is 214 Å². The predicted octanol–water partition coefficient (Wildman–Crippen LogP) is 5.98. The SMILES string of the molecule is Cc1cc(-n2c(C)cc(/C=C3\C(=O)NC(=O)N(c4cccc(Cl)c4Cl)C3=O)c2C)ccc1I. The van der Waals surface area contributed by atoms with Crippen LogP contribution in [0, 0.1) is 24.3 Å². The fraction of sp³-hybridized carbons (Fsp3) is 0.125. The van der Waals surface area contributed by atoms with Crippen LogP contribution in [-0.2, 0) is 9.59 Å². The Balaban J connectivity index is 1.79. The molecule has 1 aliphatic rings. The molecule has 1 N–H and O–H groups in total. The van der Waals surface area contributed by atoms with Crippen molar-refractivity contribution in [1.29, 1.82) is 0 Å². The van der Waals surface area contributed by atoms with Gasteiger partial charge in [-0.3, -0.25) is 14.9 Å². The number of barbiturate groups is 1. The van der Waals surface area contributed by atoms with Gasteiger partial charge < -0.3 is 4.57 Å². The molecule has 0 aliphatic carbocycles. The van der Waals surface area contributed by atoms with Crippen molar-refractivity contribution in [2.75, 3.05) is 4.90 Å². The summed E-state index contributed by atoms with van der Waals surface area (Å²) >= 11 is 14.6. The maximum absolute atomic E-state index is 13.2. The summed E-state index contributed by atoms with van der Waals surface area (Å²) in [6.07, 6.45) is 1.49. The molecule has 33 heavy (non-hydrogen) atoms. The zero-order chi connectivity index (χ0) is 24.0. The largest absolute Gasteiger partial charge is 0.336 e. The molecule has 168 valence electrons. The predicted molar refractivity (Wildman–Crippen MR) is 138 cm³/mol. The molecule has 9 heteroatoms. The molecule has 0 spiro atoms. The van der Waals surface area contributed by atoms with Crippen molar-refractivity contribution >= 4 is 75.4 Å². The Kier molecular flexibility index (Phi) is 6.39. The number of rotatable bonds is 3. The van der Waals surface area contributed by atoms with Crippen molar-refractivity contribution in [3.63, 3.8) is 0 Å². The van der Waals surface area contributed by atoms with Gasteiger partial charge in [-0.1, -0.05) is 29.3 Å². The van der Waals surface area contributed by atoms with E-state index in [1.165, 1.54) is 12.1 Å². The number of nitrogens with one attached hydrogen (secondary N) is 1. The van der Waals surface area contributed by atoms with Gasteiger partial charge in [-0.15, -0.1) is 0 Å². The number of hydrogen-bond acceptors (Lipinski definition) is 3. The molecule has 0 unspecified atom stereocenters. The average Bonchev–Trinajstić information content (AvgIpc) is 3.03. The molecular formula is C24H18Cl2IN3O3. The van der Waals surface area contributed by atoms with Crippen LogP contribution in [-0.4, -0.2) is 22.4 Å². The first kappa shape index (κ1) is 23.5. The summed E-state index contributed by atoms with van der Waals surface area (Å²) in [5.41, 5.74) is 4.53. The van der Waals surface area contributed by atoms with E-state index in [1.807, 2.05) is 39.0 Å². The Morgan fingerprint density at radius 3 is 2.42 bits per heavy atom. The van der Waals surface area contributed by atoms with Gasteiger partial charge in [0.1, 0.15) is 5.57 Å². The van der Waals surface area contributed by atoms with Crippen molar-refractivity contribution in [2.45, 2.75) is 20.8 Å². The first-order chi connectivity index (χ1) is 15.6. The van der Waals surface area contributed by atoms with E-state index in [1.54, 1.807) is 12.1 Å². The first-order valence-electron chi connectivity index (χ1n) is 9.91. The van der Waals surface area contributed by atoms with E-state index in [0.29, 0.717) is 5.56 Å². The number of benzene rings is 2. The standard InChI is InChI=1S/C24H18Cl2IN3O3/c1-12-9-16(7-8-19(12)27)29-13(2)10-15(14(29)3)11-17-22(31)28-24(33)30(23(17)32)20-6-4-5-18(25)21(20)26/h4-11H,1-3H3,(H,28,31,33)/b17-11+. The molecule has 1 aromatic heterocycles. The fourth-order valence-electron chi connectivity index (χ4n) is 3.80. The Morgan fingerprint density at radius 2 is 1.73 bits per heavy atom. The van der Waals surface area contributed by atoms with Crippen LogP contribution >= 0.6 is 45.8 Å². The van der Waals surface area contributed by atoms with Crippen LogP contribution in [0.2, 0.25) is 10.0 Å². The Hall–Kier alpha value is -2.62. The lowest BCUT2D eigenvalue weighted by Gasteiger charge is -2.27. The molecule has 0 radical (unpaired) electrons. The maximum atomic E-state index is 13.2. The van der Waals surface area contributed by atoms with Gasteiger partial charge in [-0.2, -0.15) is 0 Å². The maximum Gasteiger partial charge on any atom is 0.336 e. The van der Waals surface area contributed by atoms with Crippen LogP contribution in [0.3, 0.4) is 0 Å². The summed E-state index contributed by atoms with van der Waals surface area (Å²) in [7, 11) is 0. The van der Waals surface area contributed by atoms with E-state index >= 15 is 0 Å². The topological polar surface area (TPSA) is 71.4 Å². The van der Waals surface area contributed by atoms with Crippen LogP contribution in [0.15, 0.2) is 48.0 Å². The molecule has 4 rings (SSSR count).